The first-order valence-corrected chi connectivity index (χ1v) is 17.0. The van der Waals surface area contributed by atoms with Crippen LogP contribution in [0.4, 0.5) is 0 Å². The predicted molar refractivity (Wildman–Crippen MR) is 177 cm³/mol. The third-order valence-electron chi connectivity index (χ3n) is 6.66. The SMILES string of the molecule is CC1=C(C)SC(=C2C(=C3SC(C)=C(C)S3)c3ccc(cc3)OCCOCCOCCOCCOc3ccc2cc3)S1. The summed E-state index contributed by atoms with van der Waals surface area (Å²) in [6.07, 6.45) is 0. The Bertz CT molecular complexity index is 1210. The maximum atomic E-state index is 5.99. The molecular formula is C32H36O5S4. The number of hydrogen-bond acceptors (Lipinski definition) is 9. The van der Waals surface area contributed by atoms with Gasteiger partial charge in [-0.15, -0.1) is 0 Å². The van der Waals surface area contributed by atoms with E-state index in [0.717, 1.165) is 11.5 Å². The van der Waals surface area contributed by atoms with E-state index in [1.165, 1.54) is 50.4 Å². The number of thioether (sulfide) groups is 4. The summed E-state index contributed by atoms with van der Waals surface area (Å²) in [6.45, 7) is 13.0. The zero-order valence-electron chi connectivity index (χ0n) is 23.9. The molecule has 2 aromatic carbocycles. The molecular weight excluding hydrogens is 593 g/mol. The van der Waals surface area contributed by atoms with Crippen LogP contribution in [-0.2, 0) is 14.2 Å². The van der Waals surface area contributed by atoms with E-state index in [1.54, 1.807) is 0 Å². The molecule has 41 heavy (non-hydrogen) atoms. The Morgan fingerprint density at radius 1 is 0.415 bits per heavy atom. The summed E-state index contributed by atoms with van der Waals surface area (Å²) < 4.78 is 31.5. The van der Waals surface area contributed by atoms with Crippen molar-refractivity contribution < 1.29 is 23.7 Å². The van der Waals surface area contributed by atoms with Crippen molar-refractivity contribution in [1.29, 1.82) is 0 Å². The van der Waals surface area contributed by atoms with Crippen LogP contribution >= 0.6 is 47.0 Å². The Morgan fingerprint density at radius 2 is 0.707 bits per heavy atom. The molecule has 5 aliphatic rings. The normalized spacial score (nSPS) is 20.2. The van der Waals surface area contributed by atoms with Crippen molar-refractivity contribution in [2.24, 2.45) is 0 Å². The summed E-state index contributed by atoms with van der Waals surface area (Å²) in [5, 5.41) is 0. The van der Waals surface area contributed by atoms with Gasteiger partial charge in [-0.1, -0.05) is 71.3 Å². The molecule has 9 heteroatoms. The van der Waals surface area contributed by atoms with Crippen LogP contribution < -0.4 is 9.47 Å². The third kappa shape index (κ3) is 8.22. The van der Waals surface area contributed by atoms with Crippen LogP contribution in [0.5, 0.6) is 11.5 Å². The molecule has 0 amide bonds. The topological polar surface area (TPSA) is 46.2 Å². The average molecular weight is 629 g/mol. The lowest BCUT2D eigenvalue weighted by Gasteiger charge is -2.19. The molecule has 5 heterocycles. The van der Waals surface area contributed by atoms with Crippen molar-refractivity contribution in [2.75, 3.05) is 52.9 Å². The van der Waals surface area contributed by atoms with Crippen LogP contribution in [0.2, 0.25) is 0 Å². The van der Waals surface area contributed by atoms with E-state index in [4.69, 9.17) is 23.7 Å². The number of fused-ring (bicyclic) bond motifs is 2. The second-order valence-corrected chi connectivity index (χ2v) is 15.0. The van der Waals surface area contributed by atoms with E-state index < -0.39 is 0 Å². The Kier molecular flexibility index (Phi) is 11.3. The Morgan fingerprint density at radius 3 is 1.02 bits per heavy atom. The molecule has 2 aromatic rings. The van der Waals surface area contributed by atoms with Crippen LogP contribution in [0.15, 0.2) is 76.6 Å². The highest BCUT2D eigenvalue weighted by Crippen LogP contribution is 2.59. The molecule has 0 unspecified atom stereocenters. The van der Waals surface area contributed by atoms with Crippen molar-refractivity contribution in [3.8, 4) is 11.5 Å². The van der Waals surface area contributed by atoms with Crippen molar-refractivity contribution in [3.05, 3.63) is 87.8 Å². The smallest absolute Gasteiger partial charge is 0.119 e. The number of hydrogen-bond donors (Lipinski definition) is 0. The van der Waals surface area contributed by atoms with Gasteiger partial charge in [0, 0.05) is 11.1 Å². The molecule has 0 aliphatic carbocycles. The second kappa shape index (κ2) is 15.1. The van der Waals surface area contributed by atoms with Crippen molar-refractivity contribution in [2.45, 2.75) is 27.7 Å². The summed E-state index contributed by atoms with van der Waals surface area (Å²) in [6, 6.07) is 17.0. The van der Waals surface area contributed by atoms with Gasteiger partial charge in [-0.2, -0.15) is 0 Å². The average Bonchev–Trinajstić information content (AvgIpc) is 3.49. The fraction of sp³-hybridized carbons (Fsp3) is 0.375. The number of allylic oxidation sites excluding steroid dienone is 6. The van der Waals surface area contributed by atoms with Crippen LogP contribution in [0.1, 0.15) is 38.8 Å². The summed E-state index contributed by atoms with van der Waals surface area (Å²) in [5.41, 5.74) is 4.85. The standard InChI is InChI=1S/C32H36O5S4/c1-21-22(2)39-31(38-21)29-25-5-9-27(10-6-25)36-19-17-34-15-13-33-14-16-35-18-20-37-28-11-7-26(8-12-28)30(29)32-40-23(3)24(4)41-32/h5-12H,13-20H2,1-4H3. The quantitative estimate of drug-likeness (QED) is 0.284. The highest BCUT2D eigenvalue weighted by atomic mass is 32.2. The first-order chi connectivity index (χ1) is 20.0. The van der Waals surface area contributed by atoms with E-state index >= 15 is 0 Å². The lowest BCUT2D eigenvalue weighted by Crippen LogP contribution is -2.14. The van der Waals surface area contributed by atoms with Gasteiger partial charge in [-0.25, -0.2) is 0 Å². The van der Waals surface area contributed by atoms with Crippen LogP contribution in [-0.4, -0.2) is 52.9 Å². The number of rotatable bonds is 0. The molecule has 0 aromatic heterocycles. The minimum Gasteiger partial charge on any atom is -0.491 e. The first kappa shape index (κ1) is 30.7. The van der Waals surface area contributed by atoms with E-state index in [1.807, 2.05) is 47.0 Å². The van der Waals surface area contributed by atoms with Gasteiger partial charge in [0.25, 0.3) is 0 Å². The van der Waals surface area contributed by atoms with Gasteiger partial charge < -0.3 is 23.7 Å². The largest absolute Gasteiger partial charge is 0.491 e. The Hall–Kier alpha value is -1.72. The van der Waals surface area contributed by atoms with Gasteiger partial charge in [0.05, 0.1) is 48.1 Å². The molecule has 4 bridgehead atoms. The maximum Gasteiger partial charge on any atom is 0.119 e. The van der Waals surface area contributed by atoms with E-state index in [9.17, 15) is 0 Å². The zero-order chi connectivity index (χ0) is 28.6. The lowest BCUT2D eigenvalue weighted by atomic mass is 9.94. The van der Waals surface area contributed by atoms with E-state index in [2.05, 4.69) is 76.2 Å². The first-order valence-electron chi connectivity index (χ1n) is 13.7. The molecule has 5 aliphatic heterocycles. The van der Waals surface area contributed by atoms with Gasteiger partial charge in [-0.05, 0) is 82.7 Å². The molecule has 218 valence electrons. The highest BCUT2D eigenvalue weighted by Gasteiger charge is 2.28. The van der Waals surface area contributed by atoms with E-state index in [0.29, 0.717) is 52.9 Å². The third-order valence-corrected chi connectivity index (χ3v) is 11.9. The minimum absolute atomic E-state index is 0.490. The summed E-state index contributed by atoms with van der Waals surface area (Å²) in [4.78, 5) is 5.40. The molecule has 0 saturated heterocycles. The van der Waals surface area contributed by atoms with Crippen molar-refractivity contribution >= 4 is 58.2 Å². The zero-order valence-corrected chi connectivity index (χ0v) is 27.2. The summed E-state index contributed by atoms with van der Waals surface area (Å²) >= 11 is 7.48. The van der Waals surface area contributed by atoms with Gasteiger partial charge in [0.1, 0.15) is 24.7 Å². The predicted octanol–water partition coefficient (Wildman–Crippen LogP) is 9.01. The molecule has 7 rings (SSSR count). The fourth-order valence-corrected chi connectivity index (χ4v) is 9.54. The van der Waals surface area contributed by atoms with Gasteiger partial charge in [0.15, 0.2) is 0 Å². The van der Waals surface area contributed by atoms with Gasteiger partial charge >= 0.3 is 0 Å². The minimum atomic E-state index is 0.490. The van der Waals surface area contributed by atoms with Crippen LogP contribution in [0, 0.1) is 0 Å². The number of benzene rings is 2. The highest BCUT2D eigenvalue weighted by molar-refractivity contribution is 8.29. The van der Waals surface area contributed by atoms with Gasteiger partial charge in [0.2, 0.25) is 0 Å². The monoisotopic (exact) mass is 628 g/mol. The molecule has 0 radical (unpaired) electrons. The van der Waals surface area contributed by atoms with Gasteiger partial charge in [-0.3, -0.25) is 0 Å². The number of ether oxygens (including phenoxy) is 5. The van der Waals surface area contributed by atoms with Crippen LogP contribution in [0.3, 0.4) is 0 Å². The molecule has 0 atom stereocenters. The molecule has 0 spiro atoms. The summed E-state index contributed by atoms with van der Waals surface area (Å²) in [7, 11) is 0. The Labute approximate surface area is 260 Å². The van der Waals surface area contributed by atoms with Crippen LogP contribution in [0.25, 0.3) is 11.1 Å². The molecule has 0 N–H and O–H groups in total. The molecule has 5 nitrogen and oxygen atoms in total. The van der Waals surface area contributed by atoms with Crippen molar-refractivity contribution in [1.82, 2.24) is 0 Å². The van der Waals surface area contributed by atoms with Crippen molar-refractivity contribution in [3.63, 3.8) is 0 Å². The molecule has 0 saturated carbocycles. The lowest BCUT2D eigenvalue weighted by molar-refractivity contribution is 0.00499. The van der Waals surface area contributed by atoms with E-state index in [-0.39, 0.29) is 0 Å². The Balaban J connectivity index is 1.54. The summed E-state index contributed by atoms with van der Waals surface area (Å²) in [5.74, 6) is 1.67. The maximum absolute atomic E-state index is 5.99. The fourth-order valence-electron chi connectivity index (χ4n) is 4.23. The molecule has 0 fully saturated rings. The second-order valence-electron chi connectivity index (χ2n) is 9.54.